The molecule has 200 valence electrons. The molecule has 0 rings (SSSR count). The molecule has 7 heteroatoms. The molecule has 2 atom stereocenters. The van der Waals surface area contributed by atoms with Crippen molar-refractivity contribution in [3.63, 3.8) is 0 Å². The summed E-state index contributed by atoms with van der Waals surface area (Å²) in [6.45, 7) is 19.4. The number of unbranched alkanes of at least 4 members (excludes halogenated alkanes) is 1. The standard InChI is InChI=1S/C20H41N3O4.2C3H8/c1-5-12-26-14-15-27-13-10-19(24)22-18(9-7-8-11-21)20(25)23-17(6-2)16(3)4;2*1-3-2/h16-18H,5-15,21H2,1-4H3,(H,22,24)(H,23,25);2*3H2,1-2H3. The van der Waals surface area contributed by atoms with E-state index in [0.717, 1.165) is 32.3 Å². The minimum Gasteiger partial charge on any atom is -0.379 e. The van der Waals surface area contributed by atoms with Gasteiger partial charge in [-0.25, -0.2) is 0 Å². The molecule has 0 aliphatic rings. The van der Waals surface area contributed by atoms with Crippen LogP contribution in [0.25, 0.3) is 0 Å². The largest absolute Gasteiger partial charge is 0.379 e. The molecule has 0 aromatic rings. The van der Waals surface area contributed by atoms with E-state index >= 15 is 0 Å². The first-order chi connectivity index (χ1) is 15.8. The fraction of sp³-hybridized carbons (Fsp3) is 0.923. The second kappa shape index (κ2) is 28.9. The Bertz CT molecular complexity index is 418. The van der Waals surface area contributed by atoms with Crippen LogP contribution in [-0.2, 0) is 19.1 Å². The minimum atomic E-state index is -0.523. The summed E-state index contributed by atoms with van der Waals surface area (Å²) in [5, 5.41) is 5.91. The molecule has 33 heavy (non-hydrogen) atoms. The van der Waals surface area contributed by atoms with E-state index in [2.05, 4.69) is 66.0 Å². The maximum Gasteiger partial charge on any atom is 0.242 e. The zero-order chi connectivity index (χ0) is 25.9. The maximum absolute atomic E-state index is 12.6. The van der Waals surface area contributed by atoms with Crippen molar-refractivity contribution in [3.8, 4) is 0 Å². The van der Waals surface area contributed by atoms with Gasteiger partial charge in [0.25, 0.3) is 0 Å². The van der Waals surface area contributed by atoms with Crippen LogP contribution in [0.4, 0.5) is 0 Å². The van der Waals surface area contributed by atoms with E-state index in [-0.39, 0.29) is 24.3 Å². The van der Waals surface area contributed by atoms with Gasteiger partial charge in [0.05, 0.1) is 19.8 Å². The molecule has 0 radical (unpaired) electrons. The van der Waals surface area contributed by atoms with Gasteiger partial charge < -0.3 is 25.8 Å². The lowest BCUT2D eigenvalue weighted by atomic mass is 10.0. The second-order valence-corrected chi connectivity index (χ2v) is 8.56. The Balaban J connectivity index is -0.00000134. The lowest BCUT2D eigenvalue weighted by Crippen LogP contribution is -2.50. The van der Waals surface area contributed by atoms with Gasteiger partial charge in [-0.3, -0.25) is 9.59 Å². The van der Waals surface area contributed by atoms with Crippen LogP contribution in [0.3, 0.4) is 0 Å². The molecule has 0 bridgehead atoms. The van der Waals surface area contributed by atoms with Crippen LogP contribution in [0.5, 0.6) is 0 Å². The topological polar surface area (TPSA) is 103 Å². The Morgan fingerprint density at radius 3 is 1.82 bits per heavy atom. The molecule has 0 heterocycles. The van der Waals surface area contributed by atoms with Crippen molar-refractivity contribution in [1.82, 2.24) is 10.6 Å². The number of nitrogens with two attached hydrogens (primary N) is 1. The third kappa shape index (κ3) is 26.9. The Hall–Kier alpha value is -1.18. The average molecular weight is 476 g/mol. The van der Waals surface area contributed by atoms with E-state index in [1.165, 1.54) is 12.8 Å². The van der Waals surface area contributed by atoms with Crippen molar-refractivity contribution in [2.75, 3.05) is 33.0 Å². The summed E-state index contributed by atoms with van der Waals surface area (Å²) < 4.78 is 10.7. The van der Waals surface area contributed by atoms with Crippen molar-refractivity contribution in [2.45, 2.75) is 119 Å². The van der Waals surface area contributed by atoms with Gasteiger partial charge in [-0.15, -0.1) is 0 Å². The zero-order valence-electron chi connectivity index (χ0n) is 23.1. The highest BCUT2D eigenvalue weighted by atomic mass is 16.5. The normalized spacial score (nSPS) is 12.1. The summed E-state index contributed by atoms with van der Waals surface area (Å²) in [4.78, 5) is 24.8. The van der Waals surface area contributed by atoms with Crippen LogP contribution in [0.15, 0.2) is 0 Å². The molecule has 0 aliphatic heterocycles. The van der Waals surface area contributed by atoms with Gasteiger partial charge in [0, 0.05) is 19.1 Å². The summed E-state index contributed by atoms with van der Waals surface area (Å²) in [6, 6.07) is -0.414. The molecule has 0 aliphatic carbocycles. The molecule has 0 spiro atoms. The highest BCUT2D eigenvalue weighted by molar-refractivity contribution is 5.87. The van der Waals surface area contributed by atoms with Crippen LogP contribution in [-0.4, -0.2) is 56.9 Å². The number of rotatable bonds is 17. The molecule has 2 unspecified atom stereocenters. The number of hydrogen-bond donors (Lipinski definition) is 3. The van der Waals surface area contributed by atoms with E-state index in [1.807, 2.05) is 0 Å². The van der Waals surface area contributed by atoms with E-state index in [0.29, 0.717) is 38.7 Å². The van der Waals surface area contributed by atoms with Gasteiger partial charge >= 0.3 is 0 Å². The molecular formula is C26H57N3O4. The van der Waals surface area contributed by atoms with Crippen molar-refractivity contribution in [2.24, 2.45) is 11.7 Å². The van der Waals surface area contributed by atoms with E-state index in [9.17, 15) is 9.59 Å². The van der Waals surface area contributed by atoms with Gasteiger partial charge in [0.1, 0.15) is 6.04 Å². The number of ether oxygens (including phenoxy) is 2. The Morgan fingerprint density at radius 1 is 0.818 bits per heavy atom. The lowest BCUT2D eigenvalue weighted by molar-refractivity contribution is -0.130. The predicted molar refractivity (Wildman–Crippen MR) is 140 cm³/mol. The fourth-order valence-corrected chi connectivity index (χ4v) is 2.68. The fourth-order valence-electron chi connectivity index (χ4n) is 2.68. The molecule has 0 aromatic carbocycles. The number of nitrogens with one attached hydrogen (secondary N) is 2. The van der Waals surface area contributed by atoms with Crippen molar-refractivity contribution >= 4 is 11.8 Å². The van der Waals surface area contributed by atoms with Gasteiger partial charge in [0.2, 0.25) is 11.8 Å². The highest BCUT2D eigenvalue weighted by Gasteiger charge is 2.23. The SMILES string of the molecule is CCC.CCC.CCCOCCOCCC(=O)NC(CCCCN)C(=O)NC(CC)C(C)C. The first-order valence-electron chi connectivity index (χ1n) is 13.2. The van der Waals surface area contributed by atoms with E-state index in [1.54, 1.807) is 0 Å². The van der Waals surface area contributed by atoms with E-state index < -0.39 is 6.04 Å². The minimum absolute atomic E-state index is 0.109. The molecule has 0 saturated heterocycles. The van der Waals surface area contributed by atoms with Crippen molar-refractivity contribution in [3.05, 3.63) is 0 Å². The third-order valence-corrected chi connectivity index (χ3v) is 4.36. The Labute approximate surface area is 205 Å². The van der Waals surface area contributed by atoms with Gasteiger partial charge in [-0.2, -0.15) is 0 Å². The van der Waals surface area contributed by atoms with Crippen LogP contribution in [0.1, 0.15) is 107 Å². The average Bonchev–Trinajstić information content (AvgIpc) is 2.77. The van der Waals surface area contributed by atoms with Gasteiger partial charge in [-0.05, 0) is 44.6 Å². The lowest BCUT2D eigenvalue weighted by Gasteiger charge is -2.25. The zero-order valence-corrected chi connectivity index (χ0v) is 23.1. The van der Waals surface area contributed by atoms with Crippen molar-refractivity contribution in [1.29, 1.82) is 0 Å². The van der Waals surface area contributed by atoms with Crippen LogP contribution in [0, 0.1) is 5.92 Å². The van der Waals surface area contributed by atoms with Gasteiger partial charge in [-0.1, -0.05) is 68.2 Å². The highest BCUT2D eigenvalue weighted by Crippen LogP contribution is 2.08. The second-order valence-electron chi connectivity index (χ2n) is 8.56. The molecule has 4 N–H and O–H groups in total. The molecule has 0 saturated carbocycles. The molecule has 7 nitrogen and oxygen atoms in total. The Morgan fingerprint density at radius 2 is 1.36 bits per heavy atom. The first-order valence-corrected chi connectivity index (χ1v) is 13.2. The van der Waals surface area contributed by atoms with Crippen LogP contribution >= 0.6 is 0 Å². The summed E-state index contributed by atoms with van der Waals surface area (Å²) in [5.74, 6) is 0.0625. The number of hydrogen-bond acceptors (Lipinski definition) is 5. The summed E-state index contributed by atoms with van der Waals surface area (Å²) in [6.07, 6.45) is 6.80. The van der Waals surface area contributed by atoms with Crippen molar-refractivity contribution < 1.29 is 19.1 Å². The van der Waals surface area contributed by atoms with Gasteiger partial charge in [0.15, 0.2) is 0 Å². The summed E-state index contributed by atoms with van der Waals surface area (Å²) >= 11 is 0. The summed E-state index contributed by atoms with van der Waals surface area (Å²) in [5.41, 5.74) is 5.54. The van der Waals surface area contributed by atoms with E-state index in [4.69, 9.17) is 15.2 Å². The third-order valence-electron chi connectivity index (χ3n) is 4.36. The smallest absolute Gasteiger partial charge is 0.242 e. The maximum atomic E-state index is 12.6. The molecular weight excluding hydrogens is 418 g/mol. The van der Waals surface area contributed by atoms with Crippen LogP contribution in [0.2, 0.25) is 0 Å². The van der Waals surface area contributed by atoms with Crippen LogP contribution < -0.4 is 16.4 Å². The number of amides is 2. The number of carbonyl (C=O) groups excluding carboxylic acids is 2. The Kier molecular flexibility index (Phi) is 31.8. The number of carbonyl (C=O) groups is 2. The monoisotopic (exact) mass is 475 g/mol. The molecule has 0 aromatic heterocycles. The predicted octanol–water partition coefficient (Wildman–Crippen LogP) is 4.82. The molecule has 2 amide bonds. The quantitative estimate of drug-likeness (QED) is 0.262. The molecule has 0 fully saturated rings. The summed E-state index contributed by atoms with van der Waals surface area (Å²) in [7, 11) is 0. The first kappa shape index (κ1) is 36.4.